The standard InChI is InChI=1S/C15H17Br/c1-5-8-12-10-15(16)13(7-3)14(9-6-2)11(12)4/h5,7-8,10H,1,3-4,6,9H2,2H3/b12-8-. The Morgan fingerprint density at radius 3 is 2.56 bits per heavy atom. The van der Waals surface area contributed by atoms with Crippen molar-refractivity contribution in [3.05, 3.63) is 51.3 Å². The molecule has 0 N–H and O–H groups in total. The van der Waals surface area contributed by atoms with Crippen molar-refractivity contribution in [1.29, 1.82) is 0 Å². The van der Waals surface area contributed by atoms with Gasteiger partial charge in [-0.05, 0) is 34.1 Å². The summed E-state index contributed by atoms with van der Waals surface area (Å²) in [4.78, 5) is 0. The van der Waals surface area contributed by atoms with E-state index in [4.69, 9.17) is 0 Å². The third-order valence-corrected chi connectivity index (χ3v) is 3.24. The Labute approximate surface area is 106 Å². The second-order valence-corrected chi connectivity index (χ2v) is 4.53. The van der Waals surface area contributed by atoms with Crippen LogP contribution in [0.3, 0.4) is 0 Å². The summed E-state index contributed by atoms with van der Waals surface area (Å²) in [6.45, 7) is 13.9. The van der Waals surface area contributed by atoms with E-state index in [9.17, 15) is 0 Å². The van der Waals surface area contributed by atoms with Crippen LogP contribution in [0.1, 0.15) is 24.5 Å². The quantitative estimate of drug-likeness (QED) is 0.791. The van der Waals surface area contributed by atoms with Crippen molar-refractivity contribution in [2.75, 3.05) is 0 Å². The van der Waals surface area contributed by atoms with Gasteiger partial charge in [-0.25, -0.2) is 0 Å². The molecule has 0 atom stereocenters. The van der Waals surface area contributed by atoms with Crippen molar-refractivity contribution < 1.29 is 0 Å². The number of hydrogen-bond donors (Lipinski definition) is 0. The largest absolute Gasteiger partial charge is 0.0990 e. The molecular formula is C15H17Br. The number of hydrogen-bond acceptors (Lipinski definition) is 0. The monoisotopic (exact) mass is 276 g/mol. The highest BCUT2D eigenvalue weighted by atomic mass is 79.9. The Morgan fingerprint density at radius 2 is 2.06 bits per heavy atom. The lowest BCUT2D eigenvalue weighted by atomic mass is 9.99. The van der Waals surface area contributed by atoms with Gasteiger partial charge in [-0.3, -0.25) is 0 Å². The highest BCUT2D eigenvalue weighted by molar-refractivity contribution is 9.10. The van der Waals surface area contributed by atoms with Gasteiger partial charge in [0.05, 0.1) is 0 Å². The van der Waals surface area contributed by atoms with Gasteiger partial charge in [0.15, 0.2) is 0 Å². The van der Waals surface area contributed by atoms with Gasteiger partial charge >= 0.3 is 0 Å². The molecule has 0 bridgehead atoms. The summed E-state index contributed by atoms with van der Waals surface area (Å²) in [5.41, 5.74) is 2.44. The molecule has 0 aliphatic carbocycles. The second-order valence-electron chi connectivity index (χ2n) is 3.67. The average molecular weight is 277 g/mol. The van der Waals surface area contributed by atoms with Crippen molar-refractivity contribution in [2.24, 2.45) is 0 Å². The van der Waals surface area contributed by atoms with E-state index < -0.39 is 0 Å². The van der Waals surface area contributed by atoms with Crippen LogP contribution in [0.4, 0.5) is 0 Å². The first-order valence-electron chi connectivity index (χ1n) is 5.41. The van der Waals surface area contributed by atoms with Crippen LogP contribution >= 0.6 is 15.9 Å². The molecule has 0 saturated carbocycles. The zero-order chi connectivity index (χ0) is 12.1. The number of allylic oxidation sites excluding steroid dienone is 1. The summed E-state index contributed by atoms with van der Waals surface area (Å²) in [7, 11) is 0. The fourth-order valence-electron chi connectivity index (χ4n) is 1.81. The normalized spacial score (nSPS) is 11.5. The van der Waals surface area contributed by atoms with Crippen molar-refractivity contribution in [3.8, 4) is 0 Å². The summed E-state index contributed by atoms with van der Waals surface area (Å²) < 4.78 is 1.08. The molecule has 0 aliphatic heterocycles. The van der Waals surface area contributed by atoms with Crippen molar-refractivity contribution in [2.45, 2.75) is 19.8 Å². The topological polar surface area (TPSA) is 0 Å². The first-order chi connectivity index (χ1) is 7.65. The van der Waals surface area contributed by atoms with Gasteiger partial charge in [0.1, 0.15) is 0 Å². The zero-order valence-corrected chi connectivity index (χ0v) is 11.3. The van der Waals surface area contributed by atoms with Crippen LogP contribution in [0.2, 0.25) is 0 Å². The highest BCUT2D eigenvalue weighted by Crippen LogP contribution is 2.18. The minimum atomic E-state index is 1.03. The fourth-order valence-corrected chi connectivity index (χ4v) is 2.46. The molecule has 0 nitrogen and oxygen atoms in total. The summed E-state index contributed by atoms with van der Waals surface area (Å²) in [6.07, 6.45) is 7.80. The van der Waals surface area contributed by atoms with E-state index in [1.54, 1.807) is 6.08 Å². The van der Waals surface area contributed by atoms with Crippen LogP contribution in [0, 0.1) is 0 Å². The molecule has 0 amide bonds. The van der Waals surface area contributed by atoms with Crippen LogP contribution in [-0.2, 0) is 6.42 Å². The SMILES string of the molecule is C=C/C=c1/cc(Br)c(C=C)c(CCC)c1=C. The molecule has 0 radical (unpaired) electrons. The lowest BCUT2D eigenvalue weighted by Gasteiger charge is -2.09. The van der Waals surface area contributed by atoms with Gasteiger partial charge in [-0.15, -0.1) is 0 Å². The van der Waals surface area contributed by atoms with E-state index >= 15 is 0 Å². The maximum Gasteiger partial charge on any atom is 0.0256 e. The lowest BCUT2D eigenvalue weighted by molar-refractivity contribution is 0.910. The Balaban J connectivity index is 3.65. The van der Waals surface area contributed by atoms with Crippen LogP contribution in [0.15, 0.2) is 29.8 Å². The molecule has 16 heavy (non-hydrogen) atoms. The summed E-state index contributed by atoms with van der Waals surface area (Å²) in [6, 6.07) is 2.07. The molecular weight excluding hydrogens is 260 g/mol. The van der Waals surface area contributed by atoms with Gasteiger partial charge in [0.2, 0.25) is 0 Å². The minimum absolute atomic E-state index is 1.03. The molecule has 1 aromatic rings. The molecule has 0 unspecified atom stereocenters. The van der Waals surface area contributed by atoms with E-state index in [1.165, 1.54) is 5.56 Å². The summed E-state index contributed by atoms with van der Waals surface area (Å²) in [5.74, 6) is 0. The lowest BCUT2D eigenvalue weighted by Crippen LogP contribution is -2.28. The Morgan fingerprint density at radius 1 is 1.38 bits per heavy atom. The Kier molecular flexibility index (Phi) is 4.75. The van der Waals surface area contributed by atoms with Crippen molar-refractivity contribution in [1.82, 2.24) is 0 Å². The third kappa shape index (κ3) is 2.53. The summed E-state index contributed by atoms with van der Waals surface area (Å²) in [5, 5.41) is 2.20. The predicted octanol–water partition coefficient (Wildman–Crippen LogP) is 3.42. The van der Waals surface area contributed by atoms with Crippen LogP contribution < -0.4 is 10.4 Å². The fraction of sp³-hybridized carbons (Fsp3) is 0.200. The van der Waals surface area contributed by atoms with Crippen molar-refractivity contribution in [3.63, 3.8) is 0 Å². The third-order valence-electron chi connectivity index (χ3n) is 2.58. The number of halogens is 1. The van der Waals surface area contributed by atoms with E-state index in [0.717, 1.165) is 33.3 Å². The second kappa shape index (κ2) is 5.86. The van der Waals surface area contributed by atoms with Crippen LogP contribution in [-0.4, -0.2) is 0 Å². The zero-order valence-electron chi connectivity index (χ0n) is 9.72. The molecule has 1 aromatic carbocycles. The van der Waals surface area contributed by atoms with E-state index in [1.807, 2.05) is 12.2 Å². The summed E-state index contributed by atoms with van der Waals surface area (Å²) >= 11 is 3.58. The molecule has 84 valence electrons. The molecule has 1 rings (SSSR count). The van der Waals surface area contributed by atoms with Gasteiger partial charge < -0.3 is 0 Å². The van der Waals surface area contributed by atoms with Gasteiger partial charge in [-0.1, -0.05) is 67.2 Å². The smallest absolute Gasteiger partial charge is 0.0256 e. The minimum Gasteiger partial charge on any atom is -0.0990 e. The maximum absolute atomic E-state index is 4.16. The first-order valence-corrected chi connectivity index (χ1v) is 6.20. The molecule has 0 heterocycles. The number of rotatable bonds is 4. The Hall–Kier alpha value is -1.08. The molecule has 0 spiro atoms. The molecule has 1 heteroatoms. The van der Waals surface area contributed by atoms with E-state index in [2.05, 4.69) is 48.7 Å². The predicted molar refractivity (Wildman–Crippen MR) is 77.7 cm³/mol. The Bertz CT molecular complexity index is 509. The molecule has 0 saturated heterocycles. The van der Waals surface area contributed by atoms with Gasteiger partial charge in [0, 0.05) is 4.47 Å². The average Bonchev–Trinajstić information content (AvgIpc) is 2.26. The highest BCUT2D eigenvalue weighted by Gasteiger charge is 2.05. The molecule has 0 fully saturated rings. The van der Waals surface area contributed by atoms with Gasteiger partial charge in [0.25, 0.3) is 0 Å². The van der Waals surface area contributed by atoms with E-state index in [-0.39, 0.29) is 0 Å². The number of benzene rings is 1. The van der Waals surface area contributed by atoms with Crippen LogP contribution in [0.25, 0.3) is 18.7 Å². The molecule has 0 aliphatic rings. The van der Waals surface area contributed by atoms with E-state index in [0.29, 0.717) is 0 Å². The van der Waals surface area contributed by atoms with Crippen molar-refractivity contribution >= 4 is 34.7 Å². The maximum atomic E-state index is 4.16. The van der Waals surface area contributed by atoms with Gasteiger partial charge in [-0.2, -0.15) is 0 Å². The first kappa shape index (κ1) is 13.0. The molecule has 0 aromatic heterocycles. The van der Waals surface area contributed by atoms with Crippen LogP contribution in [0.5, 0.6) is 0 Å².